The molecule has 0 aliphatic carbocycles. The molecule has 2 aromatic rings. The molecule has 0 saturated heterocycles. The smallest absolute Gasteiger partial charge is 0.416 e. The first-order chi connectivity index (χ1) is 15.0. The van der Waals surface area contributed by atoms with E-state index in [4.69, 9.17) is 11.8 Å². The number of hydrogen-bond acceptors (Lipinski definition) is 3. The van der Waals surface area contributed by atoms with E-state index in [2.05, 4.69) is 4.85 Å². The van der Waals surface area contributed by atoms with E-state index in [0.29, 0.717) is 10.5 Å². The maximum Gasteiger partial charge on any atom is 0.416 e. The summed E-state index contributed by atoms with van der Waals surface area (Å²) in [6, 6.07) is 9.21. The van der Waals surface area contributed by atoms with Gasteiger partial charge in [-0.1, -0.05) is 12.1 Å². The minimum Gasteiger partial charge on any atom is -0.612 e. The Bertz CT molecular complexity index is 1190. The number of hydrogen-bond donors (Lipinski definition) is 0. The highest BCUT2D eigenvalue weighted by Gasteiger charge is 2.41. The standard InChI is InChI=1S/C22H17F3N4O2S/c1-13-19(27-2)20(17-9-8-14(12-26)10-18(17)32(4)31)28(3)21(30)29(13)16-7-5-6-15(11-16)22(23,24)25/h5-11,20H,1,3-4H3/t20-,32-/m1/s1. The van der Waals surface area contributed by atoms with Gasteiger partial charge >= 0.3 is 12.2 Å². The van der Waals surface area contributed by atoms with Crippen LogP contribution in [0.25, 0.3) is 4.85 Å². The van der Waals surface area contributed by atoms with Crippen molar-refractivity contribution in [3.63, 3.8) is 0 Å². The van der Waals surface area contributed by atoms with Gasteiger partial charge in [0.15, 0.2) is 4.90 Å². The highest BCUT2D eigenvalue weighted by molar-refractivity contribution is 7.90. The summed E-state index contributed by atoms with van der Waals surface area (Å²) in [4.78, 5) is 19.4. The molecule has 2 aromatic carbocycles. The number of urea groups is 1. The second-order valence-corrected chi connectivity index (χ2v) is 8.43. The van der Waals surface area contributed by atoms with Crippen LogP contribution < -0.4 is 4.90 Å². The van der Waals surface area contributed by atoms with E-state index in [9.17, 15) is 22.5 Å². The van der Waals surface area contributed by atoms with Gasteiger partial charge in [-0.25, -0.2) is 9.64 Å². The third kappa shape index (κ3) is 4.03. The topological polar surface area (TPSA) is 74.8 Å². The number of amides is 2. The number of benzene rings is 2. The lowest BCUT2D eigenvalue weighted by Crippen LogP contribution is -2.47. The molecule has 10 heteroatoms. The summed E-state index contributed by atoms with van der Waals surface area (Å²) in [6.45, 7) is 9.19. The van der Waals surface area contributed by atoms with Crippen LogP contribution in [0.4, 0.5) is 23.7 Å². The lowest BCUT2D eigenvalue weighted by molar-refractivity contribution is -0.137. The third-order valence-electron chi connectivity index (χ3n) is 5.14. The van der Waals surface area contributed by atoms with Crippen molar-refractivity contribution in [3.05, 3.63) is 82.0 Å². The van der Waals surface area contributed by atoms with Crippen LogP contribution in [0.1, 0.15) is 29.7 Å². The fourth-order valence-corrected chi connectivity index (χ4v) is 4.41. The lowest BCUT2D eigenvalue weighted by Gasteiger charge is -2.40. The predicted molar refractivity (Wildman–Crippen MR) is 113 cm³/mol. The number of nitriles is 1. The Morgan fingerprint density at radius 1 is 1.25 bits per heavy atom. The van der Waals surface area contributed by atoms with Crippen molar-refractivity contribution in [1.82, 2.24) is 4.90 Å². The molecule has 1 aliphatic rings. The maximum atomic E-state index is 13.3. The van der Waals surface area contributed by atoms with E-state index in [0.717, 1.165) is 17.0 Å². The maximum absolute atomic E-state index is 13.3. The van der Waals surface area contributed by atoms with Crippen molar-refractivity contribution in [3.8, 4) is 6.07 Å². The van der Waals surface area contributed by atoms with Crippen molar-refractivity contribution >= 4 is 22.9 Å². The van der Waals surface area contributed by atoms with Crippen molar-refractivity contribution in [2.45, 2.75) is 24.0 Å². The highest BCUT2D eigenvalue weighted by Crippen LogP contribution is 2.42. The highest BCUT2D eigenvalue weighted by atomic mass is 32.2. The molecule has 2 atom stereocenters. The molecule has 0 N–H and O–H groups in total. The quantitative estimate of drug-likeness (QED) is 0.476. The Morgan fingerprint density at radius 2 is 1.94 bits per heavy atom. The van der Waals surface area contributed by atoms with Gasteiger partial charge in [0.25, 0.3) is 0 Å². The summed E-state index contributed by atoms with van der Waals surface area (Å²) < 4.78 is 51.9. The Labute approximate surface area is 186 Å². The van der Waals surface area contributed by atoms with Crippen LogP contribution in [-0.2, 0) is 17.4 Å². The van der Waals surface area contributed by atoms with E-state index in [1.165, 1.54) is 49.4 Å². The van der Waals surface area contributed by atoms with Gasteiger partial charge < -0.3 is 9.45 Å². The lowest BCUT2D eigenvalue weighted by atomic mass is 9.97. The van der Waals surface area contributed by atoms with Gasteiger partial charge in [0, 0.05) is 30.1 Å². The van der Waals surface area contributed by atoms with Gasteiger partial charge in [-0.3, -0.25) is 4.90 Å². The van der Waals surface area contributed by atoms with Crippen LogP contribution >= 0.6 is 0 Å². The molecule has 6 nitrogen and oxygen atoms in total. The van der Waals surface area contributed by atoms with Crippen molar-refractivity contribution in [2.24, 2.45) is 0 Å². The fourth-order valence-electron chi connectivity index (χ4n) is 3.61. The van der Waals surface area contributed by atoms with Gasteiger partial charge in [-0.2, -0.15) is 18.4 Å². The molecule has 0 bridgehead atoms. The molecule has 1 heterocycles. The van der Waals surface area contributed by atoms with Gasteiger partial charge in [0.05, 0.1) is 29.8 Å². The summed E-state index contributed by atoms with van der Waals surface area (Å²) in [7, 11) is 1.42. The molecule has 0 unspecified atom stereocenters. The first-order valence-corrected chi connectivity index (χ1v) is 10.8. The fraction of sp³-hybridized carbons (Fsp3) is 0.227. The number of nitrogens with zero attached hydrogens (tertiary/aromatic N) is 4. The van der Waals surface area contributed by atoms with Gasteiger partial charge in [-0.05, 0) is 42.4 Å². The molecule has 32 heavy (non-hydrogen) atoms. The van der Waals surface area contributed by atoms with E-state index in [1.807, 2.05) is 6.07 Å². The van der Waals surface area contributed by atoms with Gasteiger partial charge in [-0.15, -0.1) is 0 Å². The zero-order valence-corrected chi connectivity index (χ0v) is 18.1. The first-order valence-electron chi connectivity index (χ1n) is 9.21. The number of carbonyl (C=O) groups is 1. The van der Waals surface area contributed by atoms with Crippen LogP contribution in [0.5, 0.6) is 0 Å². The second kappa shape index (κ2) is 8.58. The zero-order chi connectivity index (χ0) is 23.8. The van der Waals surface area contributed by atoms with Crippen molar-refractivity contribution in [1.29, 1.82) is 5.26 Å². The molecule has 2 amide bonds. The Morgan fingerprint density at radius 3 is 2.50 bits per heavy atom. The van der Waals surface area contributed by atoms with E-state index in [-0.39, 0.29) is 22.6 Å². The predicted octanol–water partition coefficient (Wildman–Crippen LogP) is 5.08. The average Bonchev–Trinajstić information content (AvgIpc) is 2.75. The normalized spacial score (nSPS) is 17.8. The van der Waals surface area contributed by atoms with Crippen LogP contribution in [0, 0.1) is 17.9 Å². The molecule has 164 valence electrons. The Kier molecular flexibility index (Phi) is 6.22. The third-order valence-corrected chi connectivity index (χ3v) is 6.12. The zero-order valence-electron chi connectivity index (χ0n) is 17.3. The van der Waals surface area contributed by atoms with Crippen LogP contribution in [0.2, 0.25) is 0 Å². The Balaban J connectivity index is 2.20. The van der Waals surface area contributed by atoms with Crippen molar-refractivity contribution in [2.75, 3.05) is 18.2 Å². The molecule has 1 aliphatic heterocycles. The molecule has 0 aromatic heterocycles. The van der Waals surface area contributed by atoms with Crippen molar-refractivity contribution < 1.29 is 22.5 Å². The van der Waals surface area contributed by atoms with Gasteiger partial charge in [0.1, 0.15) is 6.26 Å². The minimum atomic E-state index is -4.59. The first kappa shape index (κ1) is 23.2. The molecular weight excluding hydrogens is 441 g/mol. The number of alkyl halides is 3. The summed E-state index contributed by atoms with van der Waals surface area (Å²) in [5.41, 5.74) is 0.0213. The van der Waals surface area contributed by atoms with Crippen LogP contribution in [-0.4, -0.2) is 28.8 Å². The van der Waals surface area contributed by atoms with E-state index in [1.54, 1.807) is 6.07 Å². The molecular formula is C22H17F3N4O2S. The second-order valence-electron chi connectivity index (χ2n) is 7.08. The SMILES string of the molecule is [C-]#[N+]C1=C(C)N(c2cccc(C(F)(F)F)c2)C(=O)N(C)[C@@H]1c1ccc(C#N)cc1[S@@+](C)[O-]. The average molecular weight is 458 g/mol. The Hall–Kier alpha value is -3.47. The molecule has 0 spiro atoms. The number of anilines is 1. The number of rotatable bonds is 3. The monoisotopic (exact) mass is 458 g/mol. The molecule has 3 rings (SSSR count). The summed E-state index contributed by atoms with van der Waals surface area (Å²) >= 11 is -1.52. The number of likely N-dealkylation sites (N-methyl/N-ethyl adjacent to an activating group) is 1. The van der Waals surface area contributed by atoms with Gasteiger partial charge in [0.2, 0.25) is 5.70 Å². The van der Waals surface area contributed by atoms with E-state index >= 15 is 0 Å². The minimum absolute atomic E-state index is 0.0205. The van der Waals surface area contributed by atoms with Crippen LogP contribution in [0.15, 0.2) is 58.8 Å². The number of carbonyl (C=O) groups excluding carboxylic acids is 1. The largest absolute Gasteiger partial charge is 0.612 e. The summed E-state index contributed by atoms with van der Waals surface area (Å²) in [6.07, 6.45) is -3.17. The molecule has 0 fully saturated rings. The molecule has 0 saturated carbocycles. The van der Waals surface area contributed by atoms with Crippen LogP contribution in [0.3, 0.4) is 0 Å². The number of allylic oxidation sites excluding steroid dienone is 1. The molecule has 0 radical (unpaired) electrons. The summed E-state index contributed by atoms with van der Waals surface area (Å²) in [5.74, 6) is 0. The van der Waals surface area contributed by atoms with E-state index < -0.39 is 35.0 Å². The number of halogens is 3. The summed E-state index contributed by atoms with van der Waals surface area (Å²) in [5, 5.41) is 9.16.